The predicted octanol–water partition coefficient (Wildman–Crippen LogP) is 4.63. The van der Waals surface area contributed by atoms with E-state index in [0.717, 1.165) is 59.2 Å². The Kier molecular flexibility index (Phi) is 5.35. The van der Waals surface area contributed by atoms with Crippen LogP contribution in [0.4, 0.5) is 0 Å². The lowest BCUT2D eigenvalue weighted by molar-refractivity contribution is 0.318. The fourth-order valence-electron chi connectivity index (χ4n) is 3.91. The summed E-state index contributed by atoms with van der Waals surface area (Å²) in [4.78, 5) is 18.3. The molecule has 9 heteroatoms. The van der Waals surface area contributed by atoms with Crippen LogP contribution in [0.25, 0.3) is 21.7 Å². The van der Waals surface area contributed by atoms with E-state index in [0.29, 0.717) is 10.8 Å². The normalized spacial score (nSPS) is 14.6. The summed E-state index contributed by atoms with van der Waals surface area (Å²) in [7, 11) is 2.12. The largest absolute Gasteiger partial charge is 0.301 e. The summed E-state index contributed by atoms with van der Waals surface area (Å²) >= 11 is 9.50. The monoisotopic (exact) mass is 459 g/mol. The number of aromatic nitrogens is 4. The summed E-state index contributed by atoms with van der Waals surface area (Å²) in [6, 6.07) is 7.33. The van der Waals surface area contributed by atoms with Gasteiger partial charge in [-0.2, -0.15) is 0 Å². The SMILES string of the molecule is CCCCSc1nnc2n(-c3ccc(Cl)cc3)c(=O)c3c4c(sc3n12)CN(C)CC4. The van der Waals surface area contributed by atoms with E-state index in [1.807, 2.05) is 12.1 Å². The highest BCUT2D eigenvalue weighted by molar-refractivity contribution is 7.99. The maximum Gasteiger partial charge on any atom is 0.268 e. The van der Waals surface area contributed by atoms with Crippen LogP contribution in [0.5, 0.6) is 0 Å². The van der Waals surface area contributed by atoms with Crippen LogP contribution >= 0.6 is 34.7 Å². The van der Waals surface area contributed by atoms with Crippen LogP contribution in [-0.4, -0.2) is 43.4 Å². The van der Waals surface area contributed by atoms with Crippen molar-refractivity contribution in [1.29, 1.82) is 0 Å². The van der Waals surface area contributed by atoms with Gasteiger partial charge in [0.15, 0.2) is 5.16 Å². The van der Waals surface area contributed by atoms with Crippen molar-refractivity contribution in [3.05, 3.63) is 50.1 Å². The molecule has 0 N–H and O–H groups in total. The van der Waals surface area contributed by atoms with Crippen LogP contribution in [0.2, 0.25) is 5.02 Å². The summed E-state index contributed by atoms with van der Waals surface area (Å²) in [6.45, 7) is 4.01. The Bertz CT molecular complexity index is 1290. The topological polar surface area (TPSA) is 55.4 Å². The van der Waals surface area contributed by atoms with Crippen LogP contribution < -0.4 is 5.56 Å². The van der Waals surface area contributed by atoms with Gasteiger partial charge >= 0.3 is 0 Å². The Morgan fingerprint density at radius 2 is 2.03 bits per heavy atom. The van der Waals surface area contributed by atoms with Crippen molar-refractivity contribution in [2.45, 2.75) is 37.9 Å². The molecule has 156 valence electrons. The molecule has 1 aliphatic heterocycles. The van der Waals surface area contributed by atoms with Crippen LogP contribution in [0.15, 0.2) is 34.2 Å². The van der Waals surface area contributed by atoms with Crippen molar-refractivity contribution >= 4 is 50.7 Å². The molecular weight excluding hydrogens is 438 g/mol. The zero-order valence-electron chi connectivity index (χ0n) is 16.9. The molecule has 5 rings (SSSR count). The smallest absolute Gasteiger partial charge is 0.268 e. The second kappa shape index (κ2) is 8.00. The molecule has 0 radical (unpaired) electrons. The van der Waals surface area contributed by atoms with E-state index in [1.54, 1.807) is 39.8 Å². The van der Waals surface area contributed by atoms with E-state index < -0.39 is 0 Å². The van der Waals surface area contributed by atoms with Gasteiger partial charge in [0.1, 0.15) is 4.83 Å². The van der Waals surface area contributed by atoms with Crippen LogP contribution in [-0.2, 0) is 13.0 Å². The summed E-state index contributed by atoms with van der Waals surface area (Å²) in [5.41, 5.74) is 1.90. The Balaban J connectivity index is 1.83. The van der Waals surface area contributed by atoms with E-state index in [-0.39, 0.29) is 5.56 Å². The lowest BCUT2D eigenvalue weighted by Crippen LogP contribution is -2.27. The number of nitrogens with zero attached hydrogens (tertiary/aromatic N) is 5. The molecule has 0 saturated heterocycles. The summed E-state index contributed by atoms with van der Waals surface area (Å²) in [6.07, 6.45) is 3.13. The third kappa shape index (κ3) is 3.26. The van der Waals surface area contributed by atoms with Gasteiger partial charge in [-0.1, -0.05) is 36.7 Å². The van der Waals surface area contributed by atoms with Crippen molar-refractivity contribution in [3.8, 4) is 5.69 Å². The molecule has 6 nitrogen and oxygen atoms in total. The second-order valence-corrected chi connectivity index (χ2v) is 10.2. The molecule has 1 aromatic carbocycles. The maximum atomic E-state index is 13.7. The molecule has 0 spiro atoms. The molecule has 0 aliphatic carbocycles. The minimum absolute atomic E-state index is 0.0283. The first-order chi connectivity index (χ1) is 14.6. The summed E-state index contributed by atoms with van der Waals surface area (Å²) in [5, 5.41) is 11.2. The van der Waals surface area contributed by atoms with Gasteiger partial charge in [0.25, 0.3) is 5.56 Å². The number of likely N-dealkylation sites (N-methyl/N-ethyl adjacent to an activating group) is 1. The number of rotatable bonds is 5. The summed E-state index contributed by atoms with van der Waals surface area (Å²) in [5.74, 6) is 1.54. The average Bonchev–Trinajstić information content (AvgIpc) is 3.31. The fraction of sp³-hybridized carbons (Fsp3) is 0.381. The number of thiophene rings is 1. The number of benzene rings is 1. The van der Waals surface area contributed by atoms with E-state index in [4.69, 9.17) is 11.6 Å². The van der Waals surface area contributed by atoms with Gasteiger partial charge in [-0.15, -0.1) is 21.5 Å². The molecule has 1 aliphatic rings. The quantitative estimate of drug-likeness (QED) is 0.321. The van der Waals surface area contributed by atoms with Gasteiger partial charge in [-0.25, -0.2) is 8.97 Å². The van der Waals surface area contributed by atoms with Gasteiger partial charge in [0, 0.05) is 28.7 Å². The number of unbranched alkanes of at least 4 members (excludes halogenated alkanes) is 1. The lowest BCUT2D eigenvalue weighted by Gasteiger charge is -2.21. The molecule has 4 aromatic rings. The van der Waals surface area contributed by atoms with Crippen molar-refractivity contribution < 1.29 is 0 Å². The first kappa shape index (κ1) is 20.1. The third-order valence-corrected chi connectivity index (χ3v) is 7.95. The molecule has 0 unspecified atom stereocenters. The zero-order valence-corrected chi connectivity index (χ0v) is 19.3. The number of hydrogen-bond acceptors (Lipinski definition) is 6. The van der Waals surface area contributed by atoms with Gasteiger partial charge < -0.3 is 4.90 Å². The molecule has 30 heavy (non-hydrogen) atoms. The number of thioether (sulfide) groups is 1. The Hall–Kier alpha value is -1.87. The van der Waals surface area contributed by atoms with Crippen LogP contribution in [0.1, 0.15) is 30.2 Å². The molecule has 0 saturated carbocycles. The van der Waals surface area contributed by atoms with E-state index in [9.17, 15) is 4.79 Å². The molecular formula is C21H22ClN5OS2. The number of fused-ring (bicyclic) bond motifs is 5. The maximum absolute atomic E-state index is 13.7. The first-order valence-electron chi connectivity index (χ1n) is 10.1. The second-order valence-electron chi connectivity index (χ2n) is 7.61. The van der Waals surface area contributed by atoms with Gasteiger partial charge in [-0.3, -0.25) is 4.79 Å². The molecule has 0 atom stereocenters. The third-order valence-electron chi connectivity index (χ3n) is 5.48. The first-order valence-corrected chi connectivity index (χ1v) is 12.3. The highest BCUT2D eigenvalue weighted by Crippen LogP contribution is 2.35. The minimum Gasteiger partial charge on any atom is -0.301 e. The van der Waals surface area contributed by atoms with Crippen molar-refractivity contribution in [1.82, 2.24) is 24.1 Å². The number of hydrogen-bond donors (Lipinski definition) is 0. The van der Waals surface area contributed by atoms with Crippen LogP contribution in [0, 0.1) is 0 Å². The molecule has 0 bridgehead atoms. The molecule has 4 heterocycles. The Morgan fingerprint density at radius 3 is 2.80 bits per heavy atom. The number of halogens is 1. The highest BCUT2D eigenvalue weighted by Gasteiger charge is 2.26. The van der Waals surface area contributed by atoms with Gasteiger partial charge in [0.2, 0.25) is 5.78 Å². The summed E-state index contributed by atoms with van der Waals surface area (Å²) < 4.78 is 3.76. The Morgan fingerprint density at radius 1 is 1.23 bits per heavy atom. The highest BCUT2D eigenvalue weighted by atomic mass is 35.5. The van der Waals surface area contributed by atoms with E-state index in [2.05, 4.69) is 33.5 Å². The van der Waals surface area contributed by atoms with Crippen molar-refractivity contribution in [2.75, 3.05) is 19.3 Å². The van der Waals surface area contributed by atoms with E-state index >= 15 is 0 Å². The van der Waals surface area contributed by atoms with E-state index in [1.165, 1.54) is 10.4 Å². The minimum atomic E-state index is -0.0283. The molecule has 0 fully saturated rings. The predicted molar refractivity (Wildman–Crippen MR) is 125 cm³/mol. The van der Waals surface area contributed by atoms with Crippen molar-refractivity contribution in [3.63, 3.8) is 0 Å². The van der Waals surface area contributed by atoms with Gasteiger partial charge in [-0.05, 0) is 49.7 Å². The molecule has 3 aromatic heterocycles. The van der Waals surface area contributed by atoms with Gasteiger partial charge in [0.05, 0.1) is 11.1 Å². The Labute approximate surface area is 187 Å². The van der Waals surface area contributed by atoms with Crippen molar-refractivity contribution in [2.24, 2.45) is 0 Å². The zero-order chi connectivity index (χ0) is 20.8. The standard InChI is InChI=1S/C21H22ClN5OS2/c1-3-4-11-29-21-24-23-20-26(14-7-5-13(22)6-8-14)18(28)17-15-9-10-25(2)12-16(15)30-19(17)27(20)21/h5-8H,3-4,9-12H2,1-2H3. The fourth-order valence-corrected chi connectivity index (χ4v) is 6.52. The molecule has 0 amide bonds. The lowest BCUT2D eigenvalue weighted by atomic mass is 10.1. The average molecular weight is 460 g/mol. The van der Waals surface area contributed by atoms with Crippen LogP contribution in [0.3, 0.4) is 0 Å².